The number of rotatable bonds is 8. The second kappa shape index (κ2) is 7.21. The number of hydrogen-bond donors (Lipinski definition) is 2. The Morgan fingerprint density at radius 3 is 2.14 bits per heavy atom. The zero-order chi connectivity index (χ0) is 11.0. The molecule has 0 unspecified atom stereocenters. The molecule has 2 N–H and O–H groups in total. The molecule has 0 spiro atoms. The van der Waals surface area contributed by atoms with Gasteiger partial charge in [0.05, 0.1) is 13.2 Å². The average molecular weight is 203 g/mol. The van der Waals surface area contributed by atoms with Crippen LogP contribution in [0.15, 0.2) is 0 Å². The number of unbranched alkanes of at least 4 members (excludes halogenated alkanes) is 2. The Bertz CT molecular complexity index is 135. The lowest BCUT2D eigenvalue weighted by molar-refractivity contribution is 0.0417. The molecule has 0 saturated carbocycles. The Hall–Kier alpha value is -0.120. The maximum atomic E-state index is 9.12. The minimum atomic E-state index is -0.360. The molecule has 0 aliphatic rings. The van der Waals surface area contributed by atoms with E-state index >= 15 is 0 Å². The van der Waals surface area contributed by atoms with Gasteiger partial charge in [0.25, 0.3) is 0 Å². The van der Waals surface area contributed by atoms with Crippen LogP contribution in [-0.4, -0.2) is 48.5 Å². The van der Waals surface area contributed by atoms with Gasteiger partial charge < -0.3 is 15.1 Å². The fourth-order valence-electron chi connectivity index (χ4n) is 1.51. The highest BCUT2D eigenvalue weighted by molar-refractivity contribution is 4.75. The molecule has 86 valence electrons. The van der Waals surface area contributed by atoms with Crippen molar-refractivity contribution in [3.8, 4) is 0 Å². The van der Waals surface area contributed by atoms with Crippen molar-refractivity contribution in [3.63, 3.8) is 0 Å². The number of hydrogen-bond acceptors (Lipinski definition) is 3. The van der Waals surface area contributed by atoms with Crippen molar-refractivity contribution >= 4 is 0 Å². The molecule has 3 nitrogen and oxygen atoms in total. The lowest BCUT2D eigenvalue weighted by Gasteiger charge is -2.30. The van der Waals surface area contributed by atoms with Crippen molar-refractivity contribution in [1.82, 2.24) is 4.90 Å². The Kier molecular flexibility index (Phi) is 7.15. The molecule has 0 amide bonds. The predicted octanol–water partition coefficient (Wildman–Crippen LogP) is 1.10. The van der Waals surface area contributed by atoms with Gasteiger partial charge in [-0.3, -0.25) is 0 Å². The van der Waals surface area contributed by atoms with E-state index in [0.29, 0.717) is 0 Å². The van der Waals surface area contributed by atoms with Gasteiger partial charge >= 0.3 is 0 Å². The molecule has 3 heteroatoms. The summed E-state index contributed by atoms with van der Waals surface area (Å²) in [4.78, 5) is 2.18. The second-order valence-corrected chi connectivity index (χ2v) is 4.57. The Labute approximate surface area is 87.7 Å². The van der Waals surface area contributed by atoms with Crippen LogP contribution < -0.4 is 0 Å². The van der Waals surface area contributed by atoms with E-state index in [1.54, 1.807) is 0 Å². The monoisotopic (exact) mass is 203 g/mol. The highest BCUT2D eigenvalue weighted by Crippen LogP contribution is 2.15. The molecular formula is C11H25NO2. The van der Waals surface area contributed by atoms with Crippen molar-refractivity contribution in [3.05, 3.63) is 0 Å². The van der Waals surface area contributed by atoms with Gasteiger partial charge in [-0.05, 0) is 20.0 Å². The predicted molar refractivity (Wildman–Crippen MR) is 59.3 cm³/mol. The second-order valence-electron chi connectivity index (χ2n) is 4.57. The van der Waals surface area contributed by atoms with Gasteiger partial charge in [-0.25, -0.2) is 0 Å². The van der Waals surface area contributed by atoms with E-state index in [9.17, 15) is 0 Å². The molecule has 0 aliphatic carbocycles. The van der Waals surface area contributed by atoms with Crippen LogP contribution in [-0.2, 0) is 0 Å². The van der Waals surface area contributed by atoms with Crippen molar-refractivity contribution in [2.24, 2.45) is 5.41 Å². The van der Waals surface area contributed by atoms with Gasteiger partial charge in [-0.1, -0.05) is 26.7 Å². The maximum absolute atomic E-state index is 9.12. The molecular weight excluding hydrogens is 178 g/mol. The van der Waals surface area contributed by atoms with E-state index in [0.717, 1.165) is 13.1 Å². The van der Waals surface area contributed by atoms with E-state index in [-0.39, 0.29) is 18.6 Å². The smallest absolute Gasteiger partial charge is 0.0519 e. The SMILES string of the molecule is CCCCCN(C)CC(C)(CO)CO. The van der Waals surface area contributed by atoms with Crippen LogP contribution >= 0.6 is 0 Å². The van der Waals surface area contributed by atoms with E-state index < -0.39 is 0 Å². The van der Waals surface area contributed by atoms with Gasteiger partial charge in [0, 0.05) is 12.0 Å². The summed E-state index contributed by atoms with van der Waals surface area (Å²) in [5.41, 5.74) is -0.360. The molecule has 0 rings (SSSR count). The van der Waals surface area contributed by atoms with Crippen molar-refractivity contribution in [2.45, 2.75) is 33.1 Å². The van der Waals surface area contributed by atoms with Crippen molar-refractivity contribution in [1.29, 1.82) is 0 Å². The van der Waals surface area contributed by atoms with Gasteiger partial charge in [-0.15, -0.1) is 0 Å². The Balaban J connectivity index is 3.73. The third-order valence-electron chi connectivity index (χ3n) is 2.56. The third-order valence-corrected chi connectivity index (χ3v) is 2.56. The number of aliphatic hydroxyl groups excluding tert-OH is 2. The van der Waals surface area contributed by atoms with Gasteiger partial charge in [0.15, 0.2) is 0 Å². The first-order valence-corrected chi connectivity index (χ1v) is 5.48. The quantitative estimate of drug-likeness (QED) is 0.581. The zero-order valence-corrected chi connectivity index (χ0v) is 9.79. The molecule has 0 aromatic heterocycles. The van der Waals surface area contributed by atoms with Crippen LogP contribution in [0, 0.1) is 5.41 Å². The van der Waals surface area contributed by atoms with Crippen molar-refractivity contribution < 1.29 is 10.2 Å². The molecule has 0 heterocycles. The van der Waals surface area contributed by atoms with Crippen LogP contribution in [0.1, 0.15) is 33.1 Å². The molecule has 0 aromatic rings. The highest BCUT2D eigenvalue weighted by Gasteiger charge is 2.23. The maximum Gasteiger partial charge on any atom is 0.0519 e. The summed E-state index contributed by atoms with van der Waals surface area (Å²) in [6, 6.07) is 0. The van der Waals surface area contributed by atoms with E-state index in [1.807, 2.05) is 14.0 Å². The molecule has 0 radical (unpaired) electrons. The van der Waals surface area contributed by atoms with Gasteiger partial charge in [0.2, 0.25) is 0 Å². The standard InChI is InChI=1S/C11H25NO2/c1-4-5-6-7-12(3)8-11(2,9-13)10-14/h13-14H,4-10H2,1-3H3. The number of nitrogens with zero attached hydrogens (tertiary/aromatic N) is 1. The van der Waals surface area contributed by atoms with Crippen LogP contribution in [0.3, 0.4) is 0 Å². The third kappa shape index (κ3) is 5.58. The van der Waals surface area contributed by atoms with Crippen LogP contribution in [0.4, 0.5) is 0 Å². The Morgan fingerprint density at radius 1 is 1.14 bits per heavy atom. The lowest BCUT2D eigenvalue weighted by Crippen LogP contribution is -2.39. The summed E-state index contributed by atoms with van der Waals surface area (Å²) >= 11 is 0. The van der Waals surface area contributed by atoms with Gasteiger partial charge in [0.1, 0.15) is 0 Å². The Morgan fingerprint density at radius 2 is 1.71 bits per heavy atom. The minimum absolute atomic E-state index is 0.0433. The van der Waals surface area contributed by atoms with E-state index in [2.05, 4.69) is 11.8 Å². The summed E-state index contributed by atoms with van der Waals surface area (Å²) < 4.78 is 0. The van der Waals surface area contributed by atoms with Crippen LogP contribution in [0.2, 0.25) is 0 Å². The van der Waals surface area contributed by atoms with Crippen LogP contribution in [0.25, 0.3) is 0 Å². The first-order valence-electron chi connectivity index (χ1n) is 5.48. The fourth-order valence-corrected chi connectivity index (χ4v) is 1.51. The summed E-state index contributed by atoms with van der Waals surface area (Å²) in [6.45, 7) is 5.98. The summed E-state index contributed by atoms with van der Waals surface area (Å²) in [5, 5.41) is 18.2. The van der Waals surface area contributed by atoms with Gasteiger partial charge in [-0.2, -0.15) is 0 Å². The van der Waals surface area contributed by atoms with E-state index in [4.69, 9.17) is 10.2 Å². The molecule has 0 aliphatic heterocycles. The topological polar surface area (TPSA) is 43.7 Å². The normalized spacial score (nSPS) is 12.4. The van der Waals surface area contributed by atoms with E-state index in [1.165, 1.54) is 19.3 Å². The largest absolute Gasteiger partial charge is 0.396 e. The molecule has 0 fully saturated rings. The highest BCUT2D eigenvalue weighted by atomic mass is 16.3. The van der Waals surface area contributed by atoms with Crippen LogP contribution in [0.5, 0.6) is 0 Å². The molecule has 0 atom stereocenters. The number of aliphatic hydroxyl groups is 2. The summed E-state index contributed by atoms with van der Waals surface area (Å²) in [6.07, 6.45) is 3.67. The summed E-state index contributed by atoms with van der Waals surface area (Å²) in [7, 11) is 2.04. The lowest BCUT2D eigenvalue weighted by atomic mass is 9.92. The minimum Gasteiger partial charge on any atom is -0.396 e. The molecule has 0 bridgehead atoms. The summed E-state index contributed by atoms with van der Waals surface area (Å²) in [5.74, 6) is 0. The fraction of sp³-hybridized carbons (Fsp3) is 1.00. The first kappa shape index (κ1) is 13.9. The molecule has 0 saturated heterocycles. The average Bonchev–Trinajstić information content (AvgIpc) is 2.18. The van der Waals surface area contributed by atoms with Crippen molar-refractivity contribution in [2.75, 3.05) is 33.4 Å². The molecule has 14 heavy (non-hydrogen) atoms. The molecule has 0 aromatic carbocycles. The zero-order valence-electron chi connectivity index (χ0n) is 9.79. The first-order chi connectivity index (χ1) is 6.58.